The smallest absolute Gasteiger partial charge is 0.143 e. The minimum atomic E-state index is 0.418. The molecule has 1 aromatic carbocycles. The molecule has 0 N–H and O–H groups in total. The van der Waals surface area contributed by atoms with Gasteiger partial charge in [-0.15, -0.1) is 0 Å². The van der Waals surface area contributed by atoms with Gasteiger partial charge >= 0.3 is 0 Å². The average molecular weight is 335 g/mol. The number of para-hydroxylation sites is 1. The first kappa shape index (κ1) is 15.6. The summed E-state index contributed by atoms with van der Waals surface area (Å²) in [5, 5.41) is 0. The van der Waals surface area contributed by atoms with Gasteiger partial charge in [-0.05, 0) is 30.9 Å². The van der Waals surface area contributed by atoms with Crippen LogP contribution in [0.5, 0.6) is 5.75 Å². The second-order valence-corrected chi connectivity index (χ2v) is 6.21. The van der Waals surface area contributed by atoms with E-state index in [0.717, 1.165) is 36.8 Å². The summed E-state index contributed by atoms with van der Waals surface area (Å²) in [6, 6.07) is 10.7. The zero-order chi connectivity index (χ0) is 17.1. The Kier molecular flexibility index (Phi) is 4.33. The van der Waals surface area contributed by atoms with Gasteiger partial charge in [0.2, 0.25) is 0 Å². The molecule has 6 nitrogen and oxygen atoms in total. The van der Waals surface area contributed by atoms with Gasteiger partial charge in [0, 0.05) is 31.0 Å². The Morgan fingerprint density at radius 2 is 2.08 bits per heavy atom. The standard InChI is InChI=1S/C19H21N5O/c1-25-17-7-3-2-5-15(17)11-16-6-4-9-24(16)19-12-18(21-13-22-19)23-10-8-20-14-23/h2-3,5,7-8,10,12-14,16H,4,6,9,11H2,1H3/t16-/m0/s1. The Morgan fingerprint density at radius 1 is 1.20 bits per heavy atom. The molecule has 1 saturated heterocycles. The predicted molar refractivity (Wildman–Crippen MR) is 96.2 cm³/mol. The first-order valence-corrected chi connectivity index (χ1v) is 8.54. The Hall–Kier alpha value is -2.89. The van der Waals surface area contributed by atoms with E-state index in [1.54, 1.807) is 26.0 Å². The normalized spacial score (nSPS) is 17.0. The van der Waals surface area contributed by atoms with E-state index in [-0.39, 0.29) is 0 Å². The molecule has 0 amide bonds. The van der Waals surface area contributed by atoms with Crippen molar-refractivity contribution in [3.63, 3.8) is 0 Å². The van der Waals surface area contributed by atoms with E-state index in [2.05, 4.69) is 32.0 Å². The fourth-order valence-corrected chi connectivity index (χ4v) is 3.51. The number of hydrogen-bond donors (Lipinski definition) is 0. The van der Waals surface area contributed by atoms with Gasteiger partial charge in [-0.3, -0.25) is 4.57 Å². The molecule has 6 heteroatoms. The highest BCUT2D eigenvalue weighted by Crippen LogP contribution is 2.29. The van der Waals surface area contributed by atoms with Gasteiger partial charge in [-0.25, -0.2) is 15.0 Å². The molecule has 3 aromatic rings. The maximum Gasteiger partial charge on any atom is 0.143 e. The number of methoxy groups -OCH3 is 1. The van der Waals surface area contributed by atoms with Crippen LogP contribution in [0.4, 0.5) is 5.82 Å². The topological polar surface area (TPSA) is 56.1 Å². The van der Waals surface area contributed by atoms with Crippen LogP contribution >= 0.6 is 0 Å². The van der Waals surface area contributed by atoms with E-state index in [1.165, 1.54) is 12.0 Å². The van der Waals surface area contributed by atoms with Gasteiger partial charge in [-0.2, -0.15) is 0 Å². The average Bonchev–Trinajstić information content (AvgIpc) is 3.34. The molecule has 25 heavy (non-hydrogen) atoms. The Bertz CT molecular complexity index is 833. The summed E-state index contributed by atoms with van der Waals surface area (Å²) in [6.45, 7) is 1.01. The van der Waals surface area contributed by atoms with Crippen LogP contribution in [-0.2, 0) is 6.42 Å². The first-order valence-electron chi connectivity index (χ1n) is 8.54. The number of anilines is 1. The number of ether oxygens (including phenoxy) is 1. The minimum absolute atomic E-state index is 0.418. The van der Waals surface area contributed by atoms with Crippen molar-refractivity contribution >= 4 is 5.82 Å². The van der Waals surface area contributed by atoms with Crippen LogP contribution in [0.3, 0.4) is 0 Å². The molecule has 3 heterocycles. The third-order valence-electron chi connectivity index (χ3n) is 4.73. The SMILES string of the molecule is COc1ccccc1C[C@@H]1CCCN1c1cc(-n2ccnc2)ncn1. The van der Waals surface area contributed by atoms with E-state index in [4.69, 9.17) is 4.74 Å². The van der Waals surface area contributed by atoms with Crippen LogP contribution in [0.15, 0.2) is 55.4 Å². The molecule has 0 unspecified atom stereocenters. The van der Waals surface area contributed by atoms with E-state index < -0.39 is 0 Å². The van der Waals surface area contributed by atoms with E-state index in [0.29, 0.717) is 6.04 Å². The van der Waals surface area contributed by atoms with Crippen molar-refractivity contribution < 1.29 is 4.74 Å². The van der Waals surface area contributed by atoms with E-state index in [1.807, 2.05) is 29.0 Å². The summed E-state index contributed by atoms with van der Waals surface area (Å²) in [6.07, 6.45) is 10.3. The molecule has 0 radical (unpaired) electrons. The summed E-state index contributed by atoms with van der Waals surface area (Å²) in [5.41, 5.74) is 1.24. The minimum Gasteiger partial charge on any atom is -0.496 e. The van der Waals surface area contributed by atoms with Crippen LogP contribution in [0.25, 0.3) is 5.82 Å². The van der Waals surface area contributed by atoms with Crippen LogP contribution in [0.2, 0.25) is 0 Å². The monoisotopic (exact) mass is 335 g/mol. The fraction of sp³-hybridized carbons (Fsp3) is 0.316. The number of rotatable bonds is 5. The van der Waals surface area contributed by atoms with Crippen molar-refractivity contribution in [2.45, 2.75) is 25.3 Å². The third kappa shape index (κ3) is 3.20. The number of benzene rings is 1. The summed E-state index contributed by atoms with van der Waals surface area (Å²) in [7, 11) is 1.73. The fourth-order valence-electron chi connectivity index (χ4n) is 3.51. The summed E-state index contributed by atoms with van der Waals surface area (Å²) >= 11 is 0. The Morgan fingerprint density at radius 3 is 2.92 bits per heavy atom. The highest BCUT2D eigenvalue weighted by molar-refractivity contribution is 5.46. The van der Waals surface area contributed by atoms with Gasteiger partial charge in [0.15, 0.2) is 0 Å². The molecule has 1 fully saturated rings. The molecular weight excluding hydrogens is 314 g/mol. The molecule has 0 bridgehead atoms. The van der Waals surface area contributed by atoms with Gasteiger partial charge in [-0.1, -0.05) is 18.2 Å². The number of imidazole rings is 1. The van der Waals surface area contributed by atoms with Gasteiger partial charge in [0.25, 0.3) is 0 Å². The van der Waals surface area contributed by atoms with Crippen molar-refractivity contribution in [1.82, 2.24) is 19.5 Å². The molecule has 4 rings (SSSR count). The van der Waals surface area contributed by atoms with Crippen molar-refractivity contribution in [3.8, 4) is 11.6 Å². The zero-order valence-corrected chi connectivity index (χ0v) is 14.2. The van der Waals surface area contributed by atoms with Gasteiger partial charge in [0.1, 0.15) is 30.0 Å². The highest BCUT2D eigenvalue weighted by atomic mass is 16.5. The van der Waals surface area contributed by atoms with Crippen LogP contribution in [-0.4, -0.2) is 39.2 Å². The van der Waals surface area contributed by atoms with Crippen molar-refractivity contribution in [1.29, 1.82) is 0 Å². The van der Waals surface area contributed by atoms with Gasteiger partial charge < -0.3 is 9.64 Å². The lowest BCUT2D eigenvalue weighted by atomic mass is 10.0. The van der Waals surface area contributed by atoms with E-state index >= 15 is 0 Å². The quantitative estimate of drug-likeness (QED) is 0.717. The molecule has 128 valence electrons. The van der Waals surface area contributed by atoms with Crippen molar-refractivity contribution in [3.05, 3.63) is 60.9 Å². The molecule has 2 aromatic heterocycles. The number of aromatic nitrogens is 4. The Balaban J connectivity index is 1.58. The van der Waals surface area contributed by atoms with Crippen LogP contribution in [0.1, 0.15) is 18.4 Å². The molecular formula is C19H21N5O. The molecule has 0 spiro atoms. The molecule has 1 aliphatic rings. The lowest BCUT2D eigenvalue weighted by molar-refractivity contribution is 0.408. The summed E-state index contributed by atoms with van der Waals surface area (Å²) in [4.78, 5) is 15.3. The van der Waals surface area contributed by atoms with Crippen molar-refractivity contribution in [2.75, 3.05) is 18.6 Å². The Labute approximate surface area is 147 Å². The van der Waals surface area contributed by atoms with Gasteiger partial charge in [0.05, 0.1) is 7.11 Å². The second kappa shape index (κ2) is 6.93. The molecule has 1 atom stereocenters. The molecule has 0 aliphatic carbocycles. The number of nitrogens with zero attached hydrogens (tertiary/aromatic N) is 5. The summed E-state index contributed by atoms with van der Waals surface area (Å²) < 4.78 is 7.41. The second-order valence-electron chi connectivity index (χ2n) is 6.21. The van der Waals surface area contributed by atoms with Crippen LogP contribution in [0, 0.1) is 0 Å². The lowest BCUT2D eigenvalue weighted by Gasteiger charge is -2.26. The molecule has 1 aliphatic heterocycles. The van der Waals surface area contributed by atoms with Crippen LogP contribution < -0.4 is 9.64 Å². The third-order valence-corrected chi connectivity index (χ3v) is 4.73. The zero-order valence-electron chi connectivity index (χ0n) is 14.2. The van der Waals surface area contributed by atoms with Crippen molar-refractivity contribution in [2.24, 2.45) is 0 Å². The van der Waals surface area contributed by atoms with E-state index in [9.17, 15) is 0 Å². The lowest BCUT2D eigenvalue weighted by Crippen LogP contribution is -2.32. The predicted octanol–water partition coefficient (Wildman–Crippen LogP) is 2.88. The number of hydrogen-bond acceptors (Lipinski definition) is 5. The largest absolute Gasteiger partial charge is 0.496 e. The summed E-state index contributed by atoms with van der Waals surface area (Å²) in [5.74, 6) is 2.76. The first-order chi connectivity index (χ1) is 12.3. The maximum absolute atomic E-state index is 5.51. The maximum atomic E-state index is 5.51. The highest BCUT2D eigenvalue weighted by Gasteiger charge is 2.27. The molecule has 0 saturated carbocycles.